The van der Waals surface area contributed by atoms with Crippen LogP contribution in [0.5, 0.6) is 5.75 Å². The molecular formula is C54H53N3O. The van der Waals surface area contributed by atoms with Crippen LogP contribution in [0.1, 0.15) is 92.2 Å². The number of phenolic OH excluding ortho intramolecular Hbond substituents is 1. The highest BCUT2D eigenvalue weighted by Gasteiger charge is 2.26. The maximum absolute atomic E-state index is 12.2. The summed E-state index contributed by atoms with van der Waals surface area (Å²) in [5, 5.41) is 12.2. The van der Waals surface area contributed by atoms with Gasteiger partial charge in [0.15, 0.2) is 0 Å². The Labute approximate surface area is 348 Å². The third kappa shape index (κ3) is 7.36. The van der Waals surface area contributed by atoms with Gasteiger partial charge >= 0.3 is 0 Å². The molecular weight excluding hydrogens is 707 g/mol. The summed E-state index contributed by atoms with van der Waals surface area (Å²) in [7, 11) is 0. The number of rotatable bonds is 8. The Morgan fingerprint density at radius 1 is 0.621 bits per heavy atom. The molecule has 8 rings (SSSR count). The zero-order valence-corrected chi connectivity index (χ0v) is 34.7. The number of benzene rings is 6. The number of aryl methyl sites for hydroxylation is 2. The SMILES string of the molecule is [2H]C([2H])([2H])c1ccc(-n2c(-c3cc(C(C)C)cc(C(C)C)c3O)nc3c(-c4cc(-c5cc(-c6ccc(C)cc6)ccn5)cc(C(C)(C)C)c4)cccc32)c(-c2ccccc2)c1. The lowest BCUT2D eigenvalue weighted by Gasteiger charge is -2.22. The van der Waals surface area contributed by atoms with Crippen LogP contribution < -0.4 is 0 Å². The second-order valence-electron chi connectivity index (χ2n) is 17.2. The summed E-state index contributed by atoms with van der Waals surface area (Å²) in [6.07, 6.45) is 1.88. The molecule has 0 fully saturated rings. The van der Waals surface area contributed by atoms with Gasteiger partial charge in [0.1, 0.15) is 11.6 Å². The summed E-state index contributed by atoms with van der Waals surface area (Å²) in [5.41, 5.74) is 15.0. The first-order chi connectivity index (χ1) is 29.0. The van der Waals surface area contributed by atoms with E-state index in [4.69, 9.17) is 14.1 Å². The summed E-state index contributed by atoms with van der Waals surface area (Å²) in [6, 6.07) is 45.1. The molecule has 1 N–H and O–H groups in total. The number of fused-ring (bicyclic) bond motifs is 1. The third-order valence-electron chi connectivity index (χ3n) is 11.2. The molecule has 290 valence electrons. The zero-order valence-electron chi connectivity index (χ0n) is 37.7. The standard InChI is InChI=1S/C54H53N3O/c1-33(2)40-30-45(34(3)4)52(58)47(31-40)53-56-51-44(16-13-17-50(51)57(53)49-23-20-36(6)26-46(49)38-14-11-10-12-15-38)41-27-42(29-43(28-41)54(7,8)9)48-32-39(24-25-55-48)37-21-18-35(5)19-22-37/h10-34,58H,1-9H3/i6D3. The predicted molar refractivity (Wildman–Crippen MR) is 244 cm³/mol. The van der Waals surface area contributed by atoms with Gasteiger partial charge in [0.05, 0.1) is 28.0 Å². The van der Waals surface area contributed by atoms with E-state index in [1.165, 1.54) is 5.56 Å². The maximum Gasteiger partial charge on any atom is 0.149 e. The molecule has 0 amide bonds. The fourth-order valence-corrected chi connectivity index (χ4v) is 7.84. The Morgan fingerprint density at radius 3 is 2.07 bits per heavy atom. The third-order valence-corrected chi connectivity index (χ3v) is 11.2. The fourth-order valence-electron chi connectivity index (χ4n) is 7.84. The molecule has 4 nitrogen and oxygen atoms in total. The highest BCUT2D eigenvalue weighted by molar-refractivity contribution is 5.98. The number of hydrogen-bond acceptors (Lipinski definition) is 3. The molecule has 0 aliphatic heterocycles. The molecule has 0 saturated heterocycles. The molecule has 4 heteroatoms. The van der Waals surface area contributed by atoms with Gasteiger partial charge in [-0.1, -0.05) is 145 Å². The Balaban J connectivity index is 1.44. The topological polar surface area (TPSA) is 50.9 Å². The van der Waals surface area contributed by atoms with Gasteiger partial charge in [0.2, 0.25) is 0 Å². The Morgan fingerprint density at radius 2 is 1.36 bits per heavy atom. The van der Waals surface area contributed by atoms with Crippen molar-refractivity contribution in [2.24, 2.45) is 0 Å². The molecule has 0 aliphatic carbocycles. The van der Waals surface area contributed by atoms with Crippen LogP contribution >= 0.6 is 0 Å². The number of aromatic hydroxyl groups is 1. The maximum atomic E-state index is 12.2. The lowest BCUT2D eigenvalue weighted by molar-refractivity contribution is 0.466. The van der Waals surface area contributed by atoms with Crippen molar-refractivity contribution >= 4 is 11.0 Å². The second-order valence-corrected chi connectivity index (χ2v) is 17.2. The van der Waals surface area contributed by atoms with Crippen LogP contribution in [0.2, 0.25) is 0 Å². The smallest absolute Gasteiger partial charge is 0.149 e. The molecule has 2 aromatic heterocycles. The lowest BCUT2D eigenvalue weighted by Crippen LogP contribution is -2.11. The van der Waals surface area contributed by atoms with Crippen LogP contribution in [0, 0.1) is 13.8 Å². The molecule has 2 heterocycles. The van der Waals surface area contributed by atoms with Crippen LogP contribution in [0.3, 0.4) is 0 Å². The first-order valence-electron chi connectivity index (χ1n) is 21.8. The average molecular weight is 763 g/mol. The van der Waals surface area contributed by atoms with E-state index in [1.807, 2.05) is 42.6 Å². The van der Waals surface area contributed by atoms with E-state index >= 15 is 0 Å². The Bertz CT molecular complexity index is 2900. The first kappa shape index (κ1) is 34.9. The van der Waals surface area contributed by atoms with Crippen LogP contribution in [-0.4, -0.2) is 19.6 Å². The molecule has 6 aromatic carbocycles. The van der Waals surface area contributed by atoms with Crippen molar-refractivity contribution in [2.45, 2.75) is 79.5 Å². The van der Waals surface area contributed by atoms with Crippen molar-refractivity contribution in [3.05, 3.63) is 167 Å². The largest absolute Gasteiger partial charge is 0.507 e. The van der Waals surface area contributed by atoms with E-state index in [2.05, 4.69) is 145 Å². The Kier molecular flexibility index (Phi) is 9.19. The average Bonchev–Trinajstić information content (AvgIpc) is 3.62. The van der Waals surface area contributed by atoms with Crippen LogP contribution in [0.4, 0.5) is 0 Å². The van der Waals surface area contributed by atoms with Gasteiger partial charge in [-0.05, 0) is 119 Å². The molecule has 0 saturated carbocycles. The molecule has 0 atom stereocenters. The monoisotopic (exact) mass is 762 g/mol. The number of hydrogen-bond donors (Lipinski definition) is 1. The number of para-hydroxylation sites is 1. The highest BCUT2D eigenvalue weighted by Crippen LogP contribution is 2.44. The summed E-state index contributed by atoms with van der Waals surface area (Å²) < 4.78 is 27.1. The molecule has 0 radical (unpaired) electrons. The number of aromatic nitrogens is 3. The molecule has 8 aromatic rings. The van der Waals surface area contributed by atoms with Gasteiger partial charge in [-0.25, -0.2) is 4.98 Å². The minimum absolute atomic E-state index is 0.0565. The number of phenols is 1. The fraction of sp³-hybridized carbons (Fsp3) is 0.222. The number of nitrogens with zero attached hydrogens (tertiary/aromatic N) is 3. The zero-order chi connectivity index (χ0) is 43.4. The van der Waals surface area contributed by atoms with Gasteiger partial charge in [0.25, 0.3) is 0 Å². The van der Waals surface area contributed by atoms with Crippen molar-refractivity contribution < 1.29 is 9.22 Å². The summed E-state index contributed by atoms with van der Waals surface area (Å²) >= 11 is 0. The molecule has 0 aliphatic rings. The Hall–Kier alpha value is -6.26. The quantitative estimate of drug-likeness (QED) is 0.168. The summed E-state index contributed by atoms with van der Waals surface area (Å²) in [6.45, 7) is 15.0. The highest BCUT2D eigenvalue weighted by atomic mass is 16.3. The van der Waals surface area contributed by atoms with Crippen molar-refractivity contribution in [3.8, 4) is 67.5 Å². The van der Waals surface area contributed by atoms with Gasteiger partial charge in [0, 0.05) is 27.0 Å². The van der Waals surface area contributed by atoms with Crippen molar-refractivity contribution in [2.75, 3.05) is 0 Å². The molecule has 58 heavy (non-hydrogen) atoms. The van der Waals surface area contributed by atoms with Crippen LogP contribution in [0.15, 0.2) is 140 Å². The van der Waals surface area contributed by atoms with Gasteiger partial charge in [-0.3, -0.25) is 9.55 Å². The predicted octanol–water partition coefficient (Wildman–Crippen LogP) is 14.6. The van der Waals surface area contributed by atoms with E-state index in [0.717, 1.165) is 78.0 Å². The minimum atomic E-state index is -2.31. The van der Waals surface area contributed by atoms with E-state index in [9.17, 15) is 5.11 Å². The van der Waals surface area contributed by atoms with E-state index in [-0.39, 0.29) is 28.6 Å². The summed E-state index contributed by atoms with van der Waals surface area (Å²) in [4.78, 5) is 10.4. The van der Waals surface area contributed by atoms with Crippen LogP contribution in [-0.2, 0) is 5.41 Å². The normalized spacial score (nSPS) is 12.9. The second kappa shape index (κ2) is 15.2. The minimum Gasteiger partial charge on any atom is -0.507 e. The molecule has 0 spiro atoms. The molecule has 0 bridgehead atoms. The van der Waals surface area contributed by atoms with E-state index in [0.29, 0.717) is 11.4 Å². The first-order valence-corrected chi connectivity index (χ1v) is 20.3. The van der Waals surface area contributed by atoms with Crippen molar-refractivity contribution in [1.29, 1.82) is 0 Å². The van der Waals surface area contributed by atoms with E-state index in [1.54, 1.807) is 12.1 Å². The van der Waals surface area contributed by atoms with Gasteiger partial charge < -0.3 is 5.11 Å². The van der Waals surface area contributed by atoms with Gasteiger partial charge in [-0.2, -0.15) is 0 Å². The lowest BCUT2D eigenvalue weighted by atomic mass is 9.83. The van der Waals surface area contributed by atoms with E-state index < -0.39 is 6.85 Å². The van der Waals surface area contributed by atoms with Crippen LogP contribution in [0.25, 0.3) is 72.7 Å². The summed E-state index contributed by atoms with van der Waals surface area (Å²) in [5.74, 6) is 1.01. The van der Waals surface area contributed by atoms with Crippen molar-refractivity contribution in [3.63, 3.8) is 0 Å². The number of imidazole rings is 1. The van der Waals surface area contributed by atoms with Crippen molar-refractivity contribution in [1.82, 2.24) is 14.5 Å². The molecule has 0 unspecified atom stereocenters. The van der Waals surface area contributed by atoms with Gasteiger partial charge in [-0.15, -0.1) is 0 Å². The number of pyridine rings is 1.